The summed E-state index contributed by atoms with van der Waals surface area (Å²) in [4.78, 5) is 0. The van der Waals surface area contributed by atoms with E-state index in [-0.39, 0.29) is 11.1 Å². The number of hydrogen-bond donors (Lipinski definition) is 3. The van der Waals surface area contributed by atoms with E-state index >= 15 is 0 Å². The molecule has 0 atom stereocenters. The summed E-state index contributed by atoms with van der Waals surface area (Å²) in [5.74, 6) is 0. The van der Waals surface area contributed by atoms with Gasteiger partial charge >= 0.3 is 0 Å². The van der Waals surface area contributed by atoms with Gasteiger partial charge in [0.2, 0.25) is 0 Å². The van der Waals surface area contributed by atoms with Crippen LogP contribution in [0.15, 0.2) is 0 Å². The number of nitrogens with one attached hydrogen (secondary N) is 2. The molecule has 3 nitrogen and oxygen atoms in total. The van der Waals surface area contributed by atoms with E-state index < -0.39 is 0 Å². The smallest absolute Gasteiger partial charge is 0.0306 e. The van der Waals surface area contributed by atoms with E-state index in [9.17, 15) is 0 Å². The van der Waals surface area contributed by atoms with Gasteiger partial charge in [0.1, 0.15) is 0 Å². The van der Waals surface area contributed by atoms with Crippen LogP contribution in [0.4, 0.5) is 0 Å². The van der Waals surface area contributed by atoms with Crippen LogP contribution in [0.5, 0.6) is 0 Å². The third-order valence-electron chi connectivity index (χ3n) is 6.04. The average Bonchev–Trinajstić information content (AvgIpc) is 2.67. The van der Waals surface area contributed by atoms with Crippen LogP contribution in [0.2, 0.25) is 0 Å². The first kappa shape index (κ1) is 26.9. The maximum Gasteiger partial charge on any atom is 0.0306 e. The number of hydrogen-bond acceptors (Lipinski definition) is 3. The number of rotatable bonds is 20. The summed E-state index contributed by atoms with van der Waals surface area (Å²) in [7, 11) is 0. The summed E-state index contributed by atoms with van der Waals surface area (Å²) >= 11 is 0. The van der Waals surface area contributed by atoms with Gasteiger partial charge in [0.05, 0.1) is 0 Å². The number of unbranched alkanes of at least 4 members (excludes halogenated alkanes) is 5. The molecule has 164 valence electrons. The minimum absolute atomic E-state index is 0.0311. The van der Waals surface area contributed by atoms with E-state index in [0.717, 1.165) is 32.5 Å². The predicted octanol–water partition coefficient (Wildman–Crippen LogP) is 6.16. The maximum absolute atomic E-state index is 6.84. The summed E-state index contributed by atoms with van der Waals surface area (Å²) in [6, 6.07) is 0. The molecule has 0 amide bonds. The molecule has 0 aliphatic rings. The fraction of sp³-hybridized carbons (Fsp3) is 1.00. The summed E-state index contributed by atoms with van der Waals surface area (Å²) in [6.45, 7) is 14.6. The molecule has 0 spiro atoms. The quantitative estimate of drug-likeness (QED) is 0.221. The Morgan fingerprint density at radius 2 is 1.04 bits per heavy atom. The van der Waals surface area contributed by atoms with Crippen molar-refractivity contribution in [2.75, 3.05) is 19.6 Å². The minimum Gasteiger partial charge on any atom is -0.324 e. The summed E-state index contributed by atoms with van der Waals surface area (Å²) in [5, 5.41) is 7.82. The van der Waals surface area contributed by atoms with Crippen LogP contribution < -0.4 is 16.4 Å². The molecule has 0 radical (unpaired) electrons. The second kappa shape index (κ2) is 16.8. The molecule has 0 aromatic heterocycles. The first-order valence-electron chi connectivity index (χ1n) is 12.3. The van der Waals surface area contributed by atoms with Crippen molar-refractivity contribution in [3.05, 3.63) is 0 Å². The third kappa shape index (κ3) is 12.9. The molecule has 0 bridgehead atoms. The van der Waals surface area contributed by atoms with Crippen LogP contribution in [0, 0.1) is 0 Å². The monoisotopic (exact) mass is 383 g/mol. The molecule has 0 heterocycles. The van der Waals surface area contributed by atoms with E-state index in [1.54, 1.807) is 0 Å². The standard InChI is InChI=1S/C24H53N3/c1-6-11-16-23(25,17-12-7-2)21-26-22-24(18-13-8-3,19-14-9-4)27-20-15-10-5/h26-27H,6-22,25H2,1-5H3. The van der Waals surface area contributed by atoms with Crippen LogP contribution in [-0.2, 0) is 0 Å². The molecule has 0 fully saturated rings. The second-order valence-electron chi connectivity index (χ2n) is 8.94. The normalized spacial score (nSPS) is 12.7. The van der Waals surface area contributed by atoms with E-state index in [0.29, 0.717) is 0 Å². The zero-order chi connectivity index (χ0) is 20.4. The Morgan fingerprint density at radius 3 is 1.48 bits per heavy atom. The Morgan fingerprint density at radius 1 is 0.593 bits per heavy atom. The number of nitrogens with two attached hydrogens (primary N) is 1. The zero-order valence-corrected chi connectivity index (χ0v) is 19.6. The van der Waals surface area contributed by atoms with Crippen LogP contribution in [0.25, 0.3) is 0 Å². The molecule has 0 aliphatic heterocycles. The molecule has 0 aliphatic carbocycles. The van der Waals surface area contributed by atoms with Gasteiger partial charge in [0.15, 0.2) is 0 Å². The summed E-state index contributed by atoms with van der Waals surface area (Å²) in [6.07, 6.45) is 17.5. The van der Waals surface area contributed by atoms with E-state index in [2.05, 4.69) is 45.3 Å². The Bertz CT molecular complexity index is 301. The van der Waals surface area contributed by atoms with Gasteiger partial charge in [-0.2, -0.15) is 0 Å². The summed E-state index contributed by atoms with van der Waals surface area (Å²) < 4.78 is 0. The van der Waals surface area contributed by atoms with Gasteiger partial charge in [0.25, 0.3) is 0 Å². The highest BCUT2D eigenvalue weighted by Crippen LogP contribution is 2.23. The Hall–Kier alpha value is -0.120. The molecule has 27 heavy (non-hydrogen) atoms. The summed E-state index contributed by atoms with van der Waals surface area (Å²) in [5.41, 5.74) is 7.06. The average molecular weight is 384 g/mol. The molecular formula is C24H53N3. The van der Waals surface area contributed by atoms with Crippen molar-refractivity contribution in [3.8, 4) is 0 Å². The van der Waals surface area contributed by atoms with Crippen LogP contribution in [0.1, 0.15) is 125 Å². The highest BCUT2D eigenvalue weighted by molar-refractivity contribution is 4.93. The van der Waals surface area contributed by atoms with Gasteiger partial charge in [-0.05, 0) is 38.6 Å². The SMILES string of the molecule is CCCCNC(CCCC)(CCCC)CNCC(N)(CCCC)CCCC. The van der Waals surface area contributed by atoms with Crippen molar-refractivity contribution in [1.29, 1.82) is 0 Å². The van der Waals surface area contributed by atoms with Gasteiger partial charge in [0, 0.05) is 24.2 Å². The van der Waals surface area contributed by atoms with Crippen LogP contribution in [0.3, 0.4) is 0 Å². The molecule has 4 N–H and O–H groups in total. The van der Waals surface area contributed by atoms with Crippen molar-refractivity contribution in [1.82, 2.24) is 10.6 Å². The van der Waals surface area contributed by atoms with Crippen molar-refractivity contribution >= 4 is 0 Å². The van der Waals surface area contributed by atoms with Crippen molar-refractivity contribution < 1.29 is 0 Å². The molecule has 0 saturated carbocycles. The Kier molecular flexibility index (Phi) is 16.7. The van der Waals surface area contributed by atoms with Gasteiger partial charge in [-0.25, -0.2) is 0 Å². The van der Waals surface area contributed by atoms with E-state index in [1.165, 1.54) is 77.0 Å². The highest BCUT2D eigenvalue weighted by atomic mass is 15.0. The molecular weight excluding hydrogens is 330 g/mol. The molecule has 0 rings (SSSR count). The van der Waals surface area contributed by atoms with Crippen molar-refractivity contribution in [3.63, 3.8) is 0 Å². The third-order valence-corrected chi connectivity index (χ3v) is 6.04. The lowest BCUT2D eigenvalue weighted by Gasteiger charge is -2.38. The lowest BCUT2D eigenvalue weighted by atomic mass is 9.85. The van der Waals surface area contributed by atoms with Crippen LogP contribution in [-0.4, -0.2) is 30.7 Å². The molecule has 3 heteroatoms. The topological polar surface area (TPSA) is 50.1 Å². The van der Waals surface area contributed by atoms with Gasteiger partial charge in [-0.1, -0.05) is 92.4 Å². The fourth-order valence-corrected chi connectivity index (χ4v) is 4.01. The zero-order valence-electron chi connectivity index (χ0n) is 19.6. The maximum atomic E-state index is 6.84. The van der Waals surface area contributed by atoms with E-state index in [1.807, 2.05) is 0 Å². The molecule has 0 aromatic carbocycles. The molecule has 0 aromatic rings. The van der Waals surface area contributed by atoms with Crippen molar-refractivity contribution in [2.45, 2.75) is 136 Å². The second-order valence-corrected chi connectivity index (χ2v) is 8.94. The van der Waals surface area contributed by atoms with Gasteiger partial charge in [-0.15, -0.1) is 0 Å². The highest BCUT2D eigenvalue weighted by Gasteiger charge is 2.30. The van der Waals surface area contributed by atoms with Gasteiger partial charge < -0.3 is 16.4 Å². The predicted molar refractivity (Wildman–Crippen MR) is 124 cm³/mol. The van der Waals surface area contributed by atoms with E-state index in [4.69, 9.17) is 5.73 Å². The van der Waals surface area contributed by atoms with Crippen molar-refractivity contribution in [2.24, 2.45) is 5.73 Å². The largest absolute Gasteiger partial charge is 0.324 e. The molecule has 0 saturated heterocycles. The first-order chi connectivity index (χ1) is 13.0. The van der Waals surface area contributed by atoms with Gasteiger partial charge in [-0.3, -0.25) is 0 Å². The Labute approximate surface area is 172 Å². The minimum atomic E-state index is -0.0311. The Balaban J connectivity index is 4.91. The first-order valence-corrected chi connectivity index (χ1v) is 12.3. The fourth-order valence-electron chi connectivity index (χ4n) is 4.01. The lowest BCUT2D eigenvalue weighted by Crippen LogP contribution is -2.57. The van der Waals surface area contributed by atoms with Crippen LogP contribution >= 0.6 is 0 Å². The lowest BCUT2D eigenvalue weighted by molar-refractivity contribution is 0.238. The molecule has 0 unspecified atom stereocenters.